The van der Waals surface area contributed by atoms with Crippen LogP contribution in [0, 0.1) is 13.8 Å². The normalized spacial score (nSPS) is 11.1. The summed E-state index contributed by atoms with van der Waals surface area (Å²) in [5.41, 5.74) is 3.33. The van der Waals surface area contributed by atoms with E-state index in [4.69, 9.17) is 4.74 Å². The quantitative estimate of drug-likeness (QED) is 0.453. The summed E-state index contributed by atoms with van der Waals surface area (Å²) in [6, 6.07) is 21.9. The highest BCUT2D eigenvalue weighted by molar-refractivity contribution is 7.92. The lowest BCUT2D eigenvalue weighted by Gasteiger charge is -2.26. The van der Waals surface area contributed by atoms with Crippen molar-refractivity contribution in [1.82, 2.24) is 5.32 Å². The average molecular weight is 467 g/mol. The van der Waals surface area contributed by atoms with E-state index in [9.17, 15) is 13.2 Å². The molecule has 0 heterocycles. The lowest BCUT2D eigenvalue weighted by Crippen LogP contribution is -2.41. The summed E-state index contributed by atoms with van der Waals surface area (Å²) in [6.07, 6.45) is 1.59. The van der Waals surface area contributed by atoms with E-state index in [1.807, 2.05) is 50.2 Å². The number of methoxy groups -OCH3 is 1. The molecule has 0 spiro atoms. The summed E-state index contributed by atoms with van der Waals surface area (Å²) in [6.45, 7) is 3.86. The maximum atomic E-state index is 13.6. The summed E-state index contributed by atoms with van der Waals surface area (Å²) in [5.74, 6) is 0.00970. The van der Waals surface area contributed by atoms with Crippen LogP contribution in [0.1, 0.15) is 23.1 Å². The summed E-state index contributed by atoms with van der Waals surface area (Å²) in [5, 5.41) is 2.85. The van der Waals surface area contributed by atoms with Gasteiger partial charge in [0.1, 0.15) is 12.3 Å². The number of benzene rings is 3. The lowest BCUT2D eigenvalue weighted by atomic mass is 10.1. The van der Waals surface area contributed by atoms with Crippen molar-refractivity contribution in [2.24, 2.45) is 0 Å². The molecule has 0 aliphatic heterocycles. The topological polar surface area (TPSA) is 75.7 Å². The van der Waals surface area contributed by atoms with Gasteiger partial charge in [-0.1, -0.05) is 54.1 Å². The van der Waals surface area contributed by atoms with Crippen LogP contribution in [0.2, 0.25) is 0 Å². The third-order valence-electron chi connectivity index (χ3n) is 5.31. The summed E-state index contributed by atoms with van der Waals surface area (Å²) >= 11 is 0. The second kappa shape index (κ2) is 11.0. The first-order valence-electron chi connectivity index (χ1n) is 10.9. The Hall–Kier alpha value is -3.32. The Morgan fingerprint density at radius 2 is 1.61 bits per heavy atom. The molecule has 0 radical (unpaired) electrons. The number of rotatable bonds is 10. The molecule has 6 nitrogen and oxygen atoms in total. The number of carbonyl (C=O) groups is 1. The number of carbonyl (C=O) groups excluding carboxylic acids is 1. The highest BCUT2D eigenvalue weighted by atomic mass is 32.2. The third kappa shape index (κ3) is 6.35. The second-order valence-electron chi connectivity index (χ2n) is 7.94. The molecule has 0 atom stereocenters. The first-order chi connectivity index (χ1) is 15.8. The number of nitrogens with one attached hydrogen (secondary N) is 1. The van der Waals surface area contributed by atoms with E-state index < -0.39 is 10.0 Å². The Morgan fingerprint density at radius 1 is 0.939 bits per heavy atom. The maximum absolute atomic E-state index is 13.6. The largest absolute Gasteiger partial charge is 0.495 e. The number of ether oxygens (including phenoxy) is 1. The zero-order valence-electron chi connectivity index (χ0n) is 19.2. The molecule has 1 amide bonds. The van der Waals surface area contributed by atoms with Gasteiger partial charge in [0, 0.05) is 6.54 Å². The molecular weight excluding hydrogens is 436 g/mol. The van der Waals surface area contributed by atoms with Gasteiger partial charge in [0.2, 0.25) is 5.91 Å². The molecule has 0 aliphatic rings. The van der Waals surface area contributed by atoms with E-state index in [0.29, 0.717) is 18.0 Å². The molecule has 0 fully saturated rings. The van der Waals surface area contributed by atoms with Gasteiger partial charge in [0.05, 0.1) is 17.7 Å². The minimum Gasteiger partial charge on any atom is -0.495 e. The van der Waals surface area contributed by atoms with E-state index >= 15 is 0 Å². The van der Waals surface area contributed by atoms with Crippen LogP contribution in [-0.4, -0.2) is 34.5 Å². The van der Waals surface area contributed by atoms with Gasteiger partial charge in [-0.2, -0.15) is 0 Å². The number of hydrogen-bond acceptors (Lipinski definition) is 4. The van der Waals surface area contributed by atoms with Crippen molar-refractivity contribution in [3.63, 3.8) is 0 Å². The SMILES string of the molecule is COc1ccc(C)cc1N(CC(=O)NCCCc1ccccc1)S(=O)(=O)c1ccc(C)cc1. The van der Waals surface area contributed by atoms with Crippen LogP contribution in [0.3, 0.4) is 0 Å². The Balaban J connectivity index is 1.81. The van der Waals surface area contributed by atoms with Gasteiger partial charge in [0.25, 0.3) is 10.0 Å². The van der Waals surface area contributed by atoms with Crippen LogP contribution in [0.25, 0.3) is 0 Å². The first kappa shape index (κ1) is 24.3. The van der Waals surface area contributed by atoms with Gasteiger partial charge in [-0.15, -0.1) is 0 Å². The van der Waals surface area contributed by atoms with E-state index in [1.165, 1.54) is 12.7 Å². The first-order valence-corrected chi connectivity index (χ1v) is 12.3. The van der Waals surface area contributed by atoms with Crippen LogP contribution in [0.5, 0.6) is 5.75 Å². The number of hydrogen-bond donors (Lipinski definition) is 1. The summed E-state index contributed by atoms with van der Waals surface area (Å²) in [4.78, 5) is 12.9. The number of sulfonamides is 1. The molecule has 0 bridgehead atoms. The number of nitrogens with zero attached hydrogens (tertiary/aromatic N) is 1. The molecule has 7 heteroatoms. The fourth-order valence-electron chi connectivity index (χ4n) is 3.48. The average Bonchev–Trinajstić information content (AvgIpc) is 2.81. The zero-order valence-corrected chi connectivity index (χ0v) is 20.1. The molecule has 0 aliphatic carbocycles. The predicted molar refractivity (Wildman–Crippen MR) is 131 cm³/mol. The fourth-order valence-corrected chi connectivity index (χ4v) is 4.91. The molecule has 0 saturated heterocycles. The third-order valence-corrected chi connectivity index (χ3v) is 7.08. The van der Waals surface area contributed by atoms with Crippen molar-refractivity contribution in [2.45, 2.75) is 31.6 Å². The van der Waals surface area contributed by atoms with Crippen LogP contribution >= 0.6 is 0 Å². The Bertz CT molecular complexity index is 1180. The van der Waals surface area contributed by atoms with E-state index in [0.717, 1.165) is 28.3 Å². The molecule has 1 N–H and O–H groups in total. The zero-order chi connectivity index (χ0) is 23.8. The smallest absolute Gasteiger partial charge is 0.264 e. The highest BCUT2D eigenvalue weighted by Gasteiger charge is 2.29. The Morgan fingerprint density at radius 3 is 2.27 bits per heavy atom. The van der Waals surface area contributed by atoms with Crippen molar-refractivity contribution in [1.29, 1.82) is 0 Å². The van der Waals surface area contributed by atoms with Crippen molar-refractivity contribution < 1.29 is 17.9 Å². The molecule has 174 valence electrons. The van der Waals surface area contributed by atoms with Gasteiger partial charge >= 0.3 is 0 Å². The standard InChI is InChI=1S/C26H30N2O4S/c1-20-11-14-23(15-12-20)33(30,31)28(24-18-21(2)13-16-25(24)32-3)19-26(29)27-17-7-10-22-8-5-4-6-9-22/h4-6,8-9,11-16,18H,7,10,17,19H2,1-3H3,(H,27,29). The van der Waals surface area contributed by atoms with Crippen LogP contribution < -0.4 is 14.4 Å². The fraction of sp³-hybridized carbons (Fsp3) is 0.269. The molecule has 0 unspecified atom stereocenters. The Kier molecular flexibility index (Phi) is 8.11. The van der Waals surface area contributed by atoms with E-state index in [2.05, 4.69) is 5.32 Å². The molecule has 3 aromatic carbocycles. The van der Waals surface area contributed by atoms with Crippen LogP contribution in [0.15, 0.2) is 77.7 Å². The van der Waals surface area contributed by atoms with Crippen LogP contribution in [-0.2, 0) is 21.2 Å². The summed E-state index contributed by atoms with van der Waals surface area (Å²) in [7, 11) is -2.52. The van der Waals surface area contributed by atoms with Crippen molar-refractivity contribution >= 4 is 21.6 Å². The van der Waals surface area contributed by atoms with Gasteiger partial charge in [-0.3, -0.25) is 9.10 Å². The second-order valence-corrected chi connectivity index (χ2v) is 9.80. The predicted octanol–water partition coefficient (Wildman–Crippen LogP) is 4.26. The van der Waals surface area contributed by atoms with Crippen LogP contribution in [0.4, 0.5) is 5.69 Å². The molecule has 3 rings (SSSR count). The number of aryl methyl sites for hydroxylation is 3. The minimum absolute atomic E-state index is 0.119. The molecule has 0 saturated carbocycles. The van der Waals surface area contributed by atoms with Gasteiger partial charge in [-0.25, -0.2) is 8.42 Å². The van der Waals surface area contributed by atoms with Crippen molar-refractivity contribution in [2.75, 3.05) is 24.5 Å². The van der Waals surface area contributed by atoms with Gasteiger partial charge in [-0.05, 0) is 62.1 Å². The Labute approximate surface area is 196 Å². The molecular formula is C26H30N2O4S. The van der Waals surface area contributed by atoms with E-state index in [-0.39, 0.29) is 17.3 Å². The monoisotopic (exact) mass is 466 g/mol. The minimum atomic E-state index is -4.00. The number of amides is 1. The highest BCUT2D eigenvalue weighted by Crippen LogP contribution is 2.33. The van der Waals surface area contributed by atoms with Gasteiger partial charge < -0.3 is 10.1 Å². The van der Waals surface area contributed by atoms with Gasteiger partial charge in [0.15, 0.2) is 0 Å². The lowest BCUT2D eigenvalue weighted by molar-refractivity contribution is -0.119. The molecule has 33 heavy (non-hydrogen) atoms. The summed E-state index contributed by atoms with van der Waals surface area (Å²) < 4.78 is 33.7. The van der Waals surface area contributed by atoms with Crippen molar-refractivity contribution in [3.8, 4) is 5.75 Å². The van der Waals surface area contributed by atoms with E-state index in [1.54, 1.807) is 36.4 Å². The molecule has 0 aromatic heterocycles. The maximum Gasteiger partial charge on any atom is 0.264 e. The number of anilines is 1. The molecule has 3 aromatic rings. The van der Waals surface area contributed by atoms with Crippen molar-refractivity contribution in [3.05, 3.63) is 89.5 Å².